The lowest BCUT2D eigenvalue weighted by Crippen LogP contribution is -2.48. The van der Waals surface area contributed by atoms with Crippen LogP contribution in [-0.4, -0.2) is 63.3 Å². The maximum absolute atomic E-state index is 12.4. The zero-order valence-corrected chi connectivity index (χ0v) is 13.3. The fraction of sp³-hybridized carbons (Fsp3) is 0.615. The van der Waals surface area contributed by atoms with Crippen LogP contribution >= 0.6 is 11.3 Å². The van der Waals surface area contributed by atoms with Crippen LogP contribution in [0.4, 0.5) is 13.2 Å². The molecule has 0 unspecified atom stereocenters. The van der Waals surface area contributed by atoms with Gasteiger partial charge in [-0.25, -0.2) is 4.98 Å². The number of hydrogen-bond acceptors (Lipinski definition) is 6. The van der Waals surface area contributed by atoms with E-state index < -0.39 is 12.7 Å². The van der Waals surface area contributed by atoms with E-state index in [0.717, 1.165) is 5.01 Å². The molecule has 1 fully saturated rings. The van der Waals surface area contributed by atoms with E-state index in [9.17, 15) is 18.0 Å². The maximum atomic E-state index is 12.4. The highest BCUT2D eigenvalue weighted by molar-refractivity contribution is 7.16. The van der Waals surface area contributed by atoms with Gasteiger partial charge in [0.05, 0.1) is 13.1 Å². The number of alkyl halides is 3. The monoisotopic (exact) mass is 347 g/mol. The van der Waals surface area contributed by atoms with E-state index in [1.165, 1.54) is 26.8 Å². The molecule has 0 bridgehead atoms. The summed E-state index contributed by atoms with van der Waals surface area (Å²) >= 11 is 1.34. The summed E-state index contributed by atoms with van der Waals surface area (Å²) in [6, 6.07) is 1.42. The van der Waals surface area contributed by atoms with Crippen molar-refractivity contribution in [2.24, 2.45) is 0 Å². The molecule has 0 N–H and O–H groups in total. The summed E-state index contributed by atoms with van der Waals surface area (Å²) in [6.07, 6.45) is -4.15. The lowest BCUT2D eigenvalue weighted by Gasteiger charge is -2.34. The number of fused-ring (bicyclic) bond motifs is 1. The van der Waals surface area contributed by atoms with Gasteiger partial charge in [0.1, 0.15) is 5.01 Å². The molecule has 2 aromatic rings. The highest BCUT2D eigenvalue weighted by atomic mass is 32.1. The number of rotatable bonds is 3. The molecule has 0 radical (unpaired) electrons. The minimum absolute atomic E-state index is 0.218. The molecular weight excluding hydrogens is 331 g/mol. The molecule has 0 aromatic carbocycles. The van der Waals surface area contributed by atoms with E-state index in [0.29, 0.717) is 43.4 Å². The molecule has 0 atom stereocenters. The molecule has 1 saturated heterocycles. The van der Waals surface area contributed by atoms with Crippen molar-refractivity contribution in [1.29, 1.82) is 0 Å². The summed E-state index contributed by atoms with van der Waals surface area (Å²) in [7, 11) is 0. The Morgan fingerprint density at radius 2 is 1.87 bits per heavy atom. The zero-order valence-electron chi connectivity index (χ0n) is 12.5. The molecule has 126 valence electrons. The van der Waals surface area contributed by atoms with Gasteiger partial charge in [-0.05, 0) is 6.92 Å². The quantitative estimate of drug-likeness (QED) is 0.833. The molecule has 0 aliphatic carbocycles. The Morgan fingerprint density at radius 1 is 1.22 bits per heavy atom. The molecule has 0 spiro atoms. The molecule has 10 heteroatoms. The van der Waals surface area contributed by atoms with Crippen LogP contribution in [0.1, 0.15) is 10.7 Å². The fourth-order valence-electron chi connectivity index (χ4n) is 2.57. The summed E-state index contributed by atoms with van der Waals surface area (Å²) in [6.45, 7) is 3.26. The molecule has 0 amide bonds. The summed E-state index contributed by atoms with van der Waals surface area (Å²) in [5.74, 6) is 0. The van der Waals surface area contributed by atoms with E-state index in [1.54, 1.807) is 6.92 Å². The first-order chi connectivity index (χ1) is 10.8. The van der Waals surface area contributed by atoms with Gasteiger partial charge >= 0.3 is 6.18 Å². The van der Waals surface area contributed by atoms with Gasteiger partial charge in [-0.3, -0.25) is 14.6 Å². The van der Waals surface area contributed by atoms with Crippen molar-refractivity contribution in [3.8, 4) is 0 Å². The molecule has 1 aliphatic heterocycles. The number of nitrogens with zero attached hydrogens (tertiary/aromatic N) is 5. The second-order valence-corrected chi connectivity index (χ2v) is 6.63. The average Bonchev–Trinajstić information content (AvgIpc) is 2.82. The van der Waals surface area contributed by atoms with Crippen molar-refractivity contribution in [3.63, 3.8) is 0 Å². The second kappa shape index (κ2) is 6.17. The Bertz CT molecular complexity index is 748. The van der Waals surface area contributed by atoms with Gasteiger partial charge in [0.25, 0.3) is 5.56 Å². The summed E-state index contributed by atoms with van der Waals surface area (Å²) in [5, 5.41) is 4.99. The number of hydrogen-bond donors (Lipinski definition) is 0. The van der Waals surface area contributed by atoms with Crippen LogP contribution in [0.3, 0.4) is 0 Å². The average molecular weight is 347 g/mol. The molecule has 6 nitrogen and oxygen atoms in total. The molecule has 3 rings (SSSR count). The number of piperazine rings is 1. The lowest BCUT2D eigenvalue weighted by atomic mass is 10.3. The van der Waals surface area contributed by atoms with Gasteiger partial charge < -0.3 is 0 Å². The third-order valence-electron chi connectivity index (χ3n) is 3.64. The summed E-state index contributed by atoms with van der Waals surface area (Å²) in [5.41, 5.74) is 0.427. The van der Waals surface area contributed by atoms with Crippen molar-refractivity contribution in [2.75, 3.05) is 32.7 Å². The van der Waals surface area contributed by atoms with E-state index >= 15 is 0 Å². The second-order valence-electron chi connectivity index (χ2n) is 5.59. The van der Waals surface area contributed by atoms with E-state index in [1.807, 2.05) is 4.90 Å². The number of aryl methyl sites for hydroxylation is 1. The standard InChI is InChI=1S/C13H16F3N5OS/c1-9-6-11(22)21-12(17-9)23-10(18-21)7-19-2-4-20(5-3-19)8-13(14,15)16/h6H,2-5,7-8H2,1H3. The third-order valence-corrected chi connectivity index (χ3v) is 4.53. The van der Waals surface area contributed by atoms with Gasteiger partial charge in [-0.2, -0.15) is 22.8 Å². The normalized spacial score (nSPS) is 17.9. The van der Waals surface area contributed by atoms with Crippen molar-refractivity contribution in [3.05, 3.63) is 27.1 Å². The van der Waals surface area contributed by atoms with Crippen molar-refractivity contribution < 1.29 is 13.2 Å². The molecule has 1 aliphatic rings. The van der Waals surface area contributed by atoms with Crippen LogP contribution < -0.4 is 5.56 Å². The minimum atomic E-state index is -4.15. The van der Waals surface area contributed by atoms with E-state index in [-0.39, 0.29) is 5.56 Å². The predicted molar refractivity (Wildman–Crippen MR) is 79.6 cm³/mol. The van der Waals surface area contributed by atoms with Gasteiger partial charge in [0.2, 0.25) is 4.96 Å². The molecule has 2 aromatic heterocycles. The van der Waals surface area contributed by atoms with Gasteiger partial charge in [-0.1, -0.05) is 11.3 Å². The number of aromatic nitrogens is 3. The van der Waals surface area contributed by atoms with Crippen LogP contribution in [0.25, 0.3) is 4.96 Å². The SMILES string of the molecule is Cc1cc(=O)n2nc(CN3CCN(CC(F)(F)F)CC3)sc2n1. The van der Waals surface area contributed by atoms with E-state index in [2.05, 4.69) is 10.1 Å². The number of halogens is 3. The topological polar surface area (TPSA) is 53.7 Å². The summed E-state index contributed by atoms with van der Waals surface area (Å²) in [4.78, 5) is 20.1. The predicted octanol–water partition coefficient (Wildman–Crippen LogP) is 1.14. The lowest BCUT2D eigenvalue weighted by molar-refractivity contribution is -0.149. The van der Waals surface area contributed by atoms with E-state index in [4.69, 9.17) is 0 Å². The van der Waals surface area contributed by atoms with Crippen LogP contribution in [0.5, 0.6) is 0 Å². The van der Waals surface area contributed by atoms with Crippen molar-refractivity contribution in [1.82, 2.24) is 24.4 Å². The first-order valence-corrected chi connectivity index (χ1v) is 8.00. The maximum Gasteiger partial charge on any atom is 0.401 e. The third kappa shape index (κ3) is 4.06. The molecule has 23 heavy (non-hydrogen) atoms. The summed E-state index contributed by atoms with van der Waals surface area (Å²) < 4.78 is 38.4. The van der Waals surface area contributed by atoms with Gasteiger partial charge in [0.15, 0.2) is 0 Å². The highest BCUT2D eigenvalue weighted by Gasteiger charge is 2.32. The van der Waals surface area contributed by atoms with Crippen LogP contribution in [0.15, 0.2) is 10.9 Å². The van der Waals surface area contributed by atoms with Crippen molar-refractivity contribution in [2.45, 2.75) is 19.6 Å². The van der Waals surface area contributed by atoms with Crippen LogP contribution in [0, 0.1) is 6.92 Å². The molecule has 0 saturated carbocycles. The molecule has 3 heterocycles. The Kier molecular flexibility index (Phi) is 4.39. The van der Waals surface area contributed by atoms with Gasteiger partial charge in [0, 0.05) is 37.9 Å². The van der Waals surface area contributed by atoms with Crippen LogP contribution in [0.2, 0.25) is 0 Å². The fourth-order valence-corrected chi connectivity index (χ4v) is 3.56. The zero-order chi connectivity index (χ0) is 16.6. The highest BCUT2D eigenvalue weighted by Crippen LogP contribution is 2.19. The Hall–Kier alpha value is -1.52. The first-order valence-electron chi connectivity index (χ1n) is 7.18. The Balaban J connectivity index is 1.63. The van der Waals surface area contributed by atoms with Crippen LogP contribution in [-0.2, 0) is 6.54 Å². The first kappa shape index (κ1) is 16.3. The Morgan fingerprint density at radius 3 is 2.52 bits per heavy atom. The minimum Gasteiger partial charge on any atom is -0.294 e. The Labute approximate surface area is 134 Å². The largest absolute Gasteiger partial charge is 0.401 e. The van der Waals surface area contributed by atoms with Gasteiger partial charge in [-0.15, -0.1) is 0 Å². The smallest absolute Gasteiger partial charge is 0.294 e. The molecular formula is C13H16F3N5OS. The van der Waals surface area contributed by atoms with Crippen molar-refractivity contribution >= 4 is 16.3 Å².